The van der Waals surface area contributed by atoms with Crippen molar-refractivity contribution in [3.8, 4) is 28.3 Å². The van der Waals surface area contributed by atoms with Crippen LogP contribution in [0.3, 0.4) is 0 Å². The lowest BCUT2D eigenvalue weighted by atomic mass is 9.94. The zero-order chi connectivity index (χ0) is 24.7. The summed E-state index contributed by atoms with van der Waals surface area (Å²) in [5.74, 6) is -0.164. The van der Waals surface area contributed by atoms with E-state index in [0.717, 1.165) is 52.2 Å². The van der Waals surface area contributed by atoms with E-state index in [2.05, 4.69) is 15.1 Å². The fraction of sp³-hybridized carbons (Fsp3) is 0.321. The summed E-state index contributed by atoms with van der Waals surface area (Å²) >= 11 is 0. The second kappa shape index (κ2) is 8.86. The molecule has 0 aliphatic heterocycles. The largest absolute Gasteiger partial charge is 0.481 e. The first-order valence-corrected chi connectivity index (χ1v) is 12.3. The third-order valence-corrected chi connectivity index (χ3v) is 7.38. The van der Waals surface area contributed by atoms with Crippen LogP contribution in [0.1, 0.15) is 49.1 Å². The van der Waals surface area contributed by atoms with E-state index < -0.39 is 11.4 Å². The molecule has 2 saturated carbocycles. The first-order chi connectivity index (χ1) is 17.5. The van der Waals surface area contributed by atoms with E-state index in [0.29, 0.717) is 25.1 Å². The highest BCUT2D eigenvalue weighted by molar-refractivity contribution is 5.85. The fourth-order valence-corrected chi connectivity index (χ4v) is 4.70. The SMILES string of the molecule is Cn1ncc(-c2ccc(-c3ccc(C4(C(=O)O)CC4)cc3)cn2)c1Cc1cncc(OC2CCC2)n1. The lowest BCUT2D eigenvalue weighted by Gasteiger charge is -2.25. The second-order valence-electron chi connectivity index (χ2n) is 9.72. The number of carboxylic acids is 1. The number of benzene rings is 1. The van der Waals surface area contributed by atoms with E-state index in [-0.39, 0.29) is 6.10 Å². The Morgan fingerprint density at radius 2 is 1.83 bits per heavy atom. The van der Waals surface area contributed by atoms with Crippen LogP contribution in [0.15, 0.2) is 61.2 Å². The van der Waals surface area contributed by atoms with Gasteiger partial charge >= 0.3 is 5.97 Å². The molecule has 182 valence electrons. The van der Waals surface area contributed by atoms with Gasteiger partial charge in [0.2, 0.25) is 5.88 Å². The standard InChI is InChI=1S/C28H27N5O3/c1-33-25(13-21-15-29-17-26(32-21)36-22-3-2-4-22)23(16-31-33)24-10-7-19(14-30-24)18-5-8-20(9-6-18)28(11-12-28)27(34)35/h5-10,14-17,22H,2-4,11-13H2,1H3,(H,34,35). The average molecular weight is 482 g/mol. The molecule has 36 heavy (non-hydrogen) atoms. The van der Waals surface area contributed by atoms with Crippen LogP contribution in [0, 0.1) is 0 Å². The van der Waals surface area contributed by atoms with Gasteiger partial charge in [0.25, 0.3) is 0 Å². The summed E-state index contributed by atoms with van der Waals surface area (Å²) in [5.41, 5.74) is 5.76. The summed E-state index contributed by atoms with van der Waals surface area (Å²) in [5, 5.41) is 14.0. The van der Waals surface area contributed by atoms with Gasteiger partial charge in [-0.3, -0.25) is 19.4 Å². The number of aryl methyl sites for hydroxylation is 1. The molecule has 1 N–H and O–H groups in total. The van der Waals surface area contributed by atoms with Gasteiger partial charge in [0.1, 0.15) is 6.10 Å². The molecule has 8 nitrogen and oxygen atoms in total. The minimum Gasteiger partial charge on any atom is -0.481 e. The molecule has 0 unspecified atom stereocenters. The van der Waals surface area contributed by atoms with Crippen LogP contribution in [0.2, 0.25) is 0 Å². The minimum absolute atomic E-state index is 0.257. The van der Waals surface area contributed by atoms with Crippen molar-refractivity contribution >= 4 is 5.97 Å². The Hall–Kier alpha value is -4.07. The lowest BCUT2D eigenvalue weighted by molar-refractivity contribution is -0.140. The van der Waals surface area contributed by atoms with Crippen molar-refractivity contribution in [2.75, 3.05) is 0 Å². The number of carboxylic acid groups (broad SMARTS) is 1. The van der Waals surface area contributed by atoms with Gasteiger partial charge in [-0.05, 0) is 49.3 Å². The van der Waals surface area contributed by atoms with E-state index in [9.17, 15) is 9.90 Å². The van der Waals surface area contributed by atoms with Gasteiger partial charge in [-0.15, -0.1) is 0 Å². The molecule has 4 aromatic rings. The van der Waals surface area contributed by atoms with Gasteiger partial charge in [0.15, 0.2) is 0 Å². The monoisotopic (exact) mass is 481 g/mol. The summed E-state index contributed by atoms with van der Waals surface area (Å²) in [4.78, 5) is 25.3. The van der Waals surface area contributed by atoms with Crippen molar-refractivity contribution in [3.05, 3.63) is 78.1 Å². The molecule has 3 heterocycles. The molecule has 2 aliphatic rings. The fourth-order valence-electron chi connectivity index (χ4n) is 4.70. The quantitative estimate of drug-likeness (QED) is 0.393. The molecule has 0 radical (unpaired) electrons. The molecule has 2 fully saturated rings. The molecule has 0 amide bonds. The number of aliphatic carboxylic acids is 1. The van der Waals surface area contributed by atoms with Crippen LogP contribution in [-0.4, -0.2) is 41.9 Å². The molecule has 0 atom stereocenters. The number of hydrogen-bond acceptors (Lipinski definition) is 6. The topological polar surface area (TPSA) is 103 Å². The molecule has 2 aliphatic carbocycles. The maximum atomic E-state index is 11.6. The Morgan fingerprint density at radius 3 is 2.47 bits per heavy atom. The Bertz CT molecular complexity index is 1400. The zero-order valence-corrected chi connectivity index (χ0v) is 20.1. The van der Waals surface area contributed by atoms with Crippen molar-refractivity contribution in [2.24, 2.45) is 7.05 Å². The van der Waals surface area contributed by atoms with E-state index in [1.165, 1.54) is 6.42 Å². The molecular weight excluding hydrogens is 454 g/mol. The summed E-state index contributed by atoms with van der Waals surface area (Å²) < 4.78 is 7.76. The summed E-state index contributed by atoms with van der Waals surface area (Å²) in [7, 11) is 1.92. The predicted octanol–water partition coefficient (Wildman–Crippen LogP) is 4.58. The molecule has 6 rings (SSSR count). The van der Waals surface area contributed by atoms with Crippen LogP contribution < -0.4 is 4.74 Å². The molecule has 1 aromatic carbocycles. The van der Waals surface area contributed by atoms with E-state index >= 15 is 0 Å². The second-order valence-corrected chi connectivity index (χ2v) is 9.72. The molecule has 0 spiro atoms. The number of hydrogen-bond donors (Lipinski definition) is 1. The average Bonchev–Trinajstić information content (AvgIpc) is 3.62. The van der Waals surface area contributed by atoms with Crippen LogP contribution in [0.5, 0.6) is 5.88 Å². The number of aromatic nitrogens is 5. The van der Waals surface area contributed by atoms with Crippen molar-refractivity contribution in [1.82, 2.24) is 24.7 Å². The maximum absolute atomic E-state index is 11.6. The number of carbonyl (C=O) groups is 1. The van der Waals surface area contributed by atoms with Crippen molar-refractivity contribution in [3.63, 3.8) is 0 Å². The van der Waals surface area contributed by atoms with Gasteiger partial charge in [0, 0.05) is 37.0 Å². The summed E-state index contributed by atoms with van der Waals surface area (Å²) in [6, 6.07) is 11.8. The number of pyridine rings is 1. The highest BCUT2D eigenvalue weighted by Crippen LogP contribution is 2.48. The van der Waals surface area contributed by atoms with Gasteiger partial charge < -0.3 is 9.84 Å². The molecule has 3 aromatic heterocycles. The Balaban J connectivity index is 1.21. The highest BCUT2D eigenvalue weighted by Gasteiger charge is 2.51. The van der Waals surface area contributed by atoms with Crippen LogP contribution in [0.4, 0.5) is 0 Å². The summed E-state index contributed by atoms with van der Waals surface area (Å²) in [6.45, 7) is 0. The third-order valence-electron chi connectivity index (χ3n) is 7.38. The number of nitrogens with zero attached hydrogens (tertiary/aromatic N) is 5. The smallest absolute Gasteiger partial charge is 0.314 e. The van der Waals surface area contributed by atoms with Crippen molar-refractivity contribution < 1.29 is 14.6 Å². The van der Waals surface area contributed by atoms with Crippen LogP contribution in [0.25, 0.3) is 22.4 Å². The zero-order valence-electron chi connectivity index (χ0n) is 20.1. The third kappa shape index (κ3) is 4.12. The molecule has 8 heteroatoms. The van der Waals surface area contributed by atoms with Crippen molar-refractivity contribution in [2.45, 2.75) is 50.0 Å². The van der Waals surface area contributed by atoms with Gasteiger partial charge in [-0.1, -0.05) is 30.3 Å². The van der Waals surface area contributed by atoms with E-state index in [1.807, 2.05) is 60.5 Å². The van der Waals surface area contributed by atoms with Crippen LogP contribution in [-0.2, 0) is 23.7 Å². The Kier molecular flexibility index (Phi) is 5.51. The van der Waals surface area contributed by atoms with Gasteiger partial charge in [0.05, 0.1) is 34.9 Å². The minimum atomic E-state index is -0.739. The molecule has 0 bridgehead atoms. The van der Waals surface area contributed by atoms with Crippen molar-refractivity contribution in [1.29, 1.82) is 0 Å². The Labute approximate surface area is 209 Å². The predicted molar refractivity (Wildman–Crippen MR) is 134 cm³/mol. The van der Waals surface area contributed by atoms with Gasteiger partial charge in [-0.2, -0.15) is 5.10 Å². The van der Waals surface area contributed by atoms with Crippen LogP contribution >= 0.6 is 0 Å². The number of ether oxygens (including phenoxy) is 1. The van der Waals surface area contributed by atoms with E-state index in [1.54, 1.807) is 12.4 Å². The Morgan fingerprint density at radius 1 is 1.06 bits per heavy atom. The number of rotatable bonds is 8. The molecular formula is C28H27N5O3. The highest BCUT2D eigenvalue weighted by atomic mass is 16.5. The normalized spacial score (nSPS) is 16.4. The first kappa shape index (κ1) is 22.4. The summed E-state index contributed by atoms with van der Waals surface area (Å²) in [6.07, 6.45) is 12.7. The maximum Gasteiger partial charge on any atom is 0.314 e. The molecule has 0 saturated heterocycles. The van der Waals surface area contributed by atoms with E-state index in [4.69, 9.17) is 9.72 Å². The first-order valence-electron chi connectivity index (χ1n) is 12.3. The lowest BCUT2D eigenvalue weighted by Crippen LogP contribution is -2.25. The van der Waals surface area contributed by atoms with Gasteiger partial charge in [-0.25, -0.2) is 4.98 Å².